The van der Waals surface area contributed by atoms with Crippen LogP contribution in [0, 0.1) is 0 Å². The van der Waals surface area contributed by atoms with Crippen molar-refractivity contribution in [2.45, 2.75) is 44.6 Å². The van der Waals surface area contributed by atoms with Crippen LogP contribution >= 0.6 is 0 Å². The minimum atomic E-state index is -0.590. The molecule has 1 fully saturated rings. The summed E-state index contributed by atoms with van der Waals surface area (Å²) in [5.74, 6) is 1.19. The third-order valence-electron chi connectivity index (χ3n) is 5.89. The number of nitrogens with zero attached hydrogens (tertiary/aromatic N) is 2. The van der Waals surface area contributed by atoms with Crippen LogP contribution in [0.5, 0.6) is 11.5 Å². The summed E-state index contributed by atoms with van der Waals surface area (Å²) < 4.78 is 16.3. The molecule has 0 unspecified atom stereocenters. The Bertz CT molecular complexity index is 1050. The van der Waals surface area contributed by atoms with E-state index in [1.165, 1.54) is 25.0 Å². The fourth-order valence-electron chi connectivity index (χ4n) is 4.17. The first kappa shape index (κ1) is 22.6. The Morgan fingerprint density at radius 1 is 1.03 bits per heavy atom. The van der Waals surface area contributed by atoms with E-state index in [0.717, 1.165) is 42.7 Å². The maximum Gasteiger partial charge on any atom is 0.411 e. The predicted molar refractivity (Wildman–Crippen MR) is 125 cm³/mol. The molecule has 1 aliphatic heterocycles. The number of benzene rings is 2. The molecular weight excluding hydrogens is 422 g/mol. The van der Waals surface area contributed by atoms with E-state index in [1.54, 1.807) is 31.4 Å². The fraction of sp³-hybridized carbons (Fsp3) is 0.400. The summed E-state index contributed by atoms with van der Waals surface area (Å²) in [6.07, 6.45) is 5.68. The van der Waals surface area contributed by atoms with Crippen molar-refractivity contribution in [3.05, 3.63) is 53.6 Å². The lowest BCUT2D eigenvalue weighted by Crippen LogP contribution is -2.32. The van der Waals surface area contributed by atoms with Crippen molar-refractivity contribution in [3.8, 4) is 11.5 Å². The van der Waals surface area contributed by atoms with Crippen LogP contribution in [0.15, 0.2) is 47.6 Å². The molecule has 0 bridgehead atoms. The zero-order chi connectivity index (χ0) is 23.2. The van der Waals surface area contributed by atoms with Crippen LogP contribution in [0.3, 0.4) is 0 Å². The van der Waals surface area contributed by atoms with Gasteiger partial charge in [-0.1, -0.05) is 6.07 Å². The van der Waals surface area contributed by atoms with Crippen molar-refractivity contribution in [3.63, 3.8) is 0 Å². The number of nitrogens with one attached hydrogen (secondary N) is 1. The number of anilines is 1. The molecule has 2 aromatic rings. The standard InChI is InChI=1S/C25H29N3O5/c1-31-22-13-12-17(16-23(22)33-20-9-3-4-10-20)21-11-6-14-28(27-21)24(29)18-7-5-8-19(15-18)26-25(30)32-2/h5,7-8,12-13,15-16,20H,3-4,6,9-11,14H2,1-2H3,(H,26,30). The first-order valence-electron chi connectivity index (χ1n) is 11.3. The third kappa shape index (κ3) is 5.45. The van der Waals surface area contributed by atoms with Crippen molar-refractivity contribution in [1.82, 2.24) is 5.01 Å². The number of hydrogen-bond acceptors (Lipinski definition) is 6. The molecule has 2 amide bonds. The van der Waals surface area contributed by atoms with E-state index in [-0.39, 0.29) is 12.0 Å². The third-order valence-corrected chi connectivity index (χ3v) is 5.89. The van der Waals surface area contributed by atoms with Gasteiger partial charge in [-0.3, -0.25) is 10.1 Å². The van der Waals surface area contributed by atoms with Crippen molar-refractivity contribution in [2.75, 3.05) is 26.1 Å². The van der Waals surface area contributed by atoms with Gasteiger partial charge in [-0.15, -0.1) is 0 Å². The lowest BCUT2D eigenvalue weighted by atomic mass is 10.0. The Kier molecular flexibility index (Phi) is 7.12. The molecule has 174 valence electrons. The summed E-state index contributed by atoms with van der Waals surface area (Å²) in [7, 11) is 2.93. The van der Waals surface area contributed by atoms with E-state index in [4.69, 9.17) is 9.47 Å². The SMILES string of the molecule is COC(=O)Nc1cccc(C(=O)N2CCCC(c3ccc(OC)c(OC4CCCC4)c3)=N2)c1. The highest BCUT2D eigenvalue weighted by atomic mass is 16.5. The molecule has 1 saturated carbocycles. The van der Waals surface area contributed by atoms with Gasteiger partial charge in [-0.2, -0.15) is 5.10 Å². The minimum Gasteiger partial charge on any atom is -0.493 e. The van der Waals surface area contributed by atoms with E-state index < -0.39 is 6.09 Å². The van der Waals surface area contributed by atoms with E-state index in [1.807, 2.05) is 18.2 Å². The Balaban J connectivity index is 1.54. The van der Waals surface area contributed by atoms with Crippen LogP contribution in [0.4, 0.5) is 10.5 Å². The van der Waals surface area contributed by atoms with Gasteiger partial charge in [0.15, 0.2) is 11.5 Å². The Labute approximate surface area is 193 Å². The molecule has 0 atom stereocenters. The molecule has 0 aromatic heterocycles. The summed E-state index contributed by atoms with van der Waals surface area (Å²) in [5.41, 5.74) is 2.67. The number of carbonyl (C=O) groups is 2. The van der Waals surface area contributed by atoms with E-state index >= 15 is 0 Å². The number of methoxy groups -OCH3 is 2. The van der Waals surface area contributed by atoms with Crippen LogP contribution in [0.1, 0.15) is 54.4 Å². The van der Waals surface area contributed by atoms with E-state index in [9.17, 15) is 9.59 Å². The Morgan fingerprint density at radius 2 is 1.85 bits per heavy atom. The maximum atomic E-state index is 13.1. The molecule has 2 aliphatic rings. The zero-order valence-corrected chi connectivity index (χ0v) is 19.0. The normalized spacial score (nSPS) is 16.2. The number of hydrazone groups is 1. The molecule has 8 nitrogen and oxygen atoms in total. The molecule has 8 heteroatoms. The highest BCUT2D eigenvalue weighted by molar-refractivity contribution is 6.03. The number of carbonyl (C=O) groups excluding carboxylic acids is 2. The topological polar surface area (TPSA) is 89.5 Å². The largest absolute Gasteiger partial charge is 0.493 e. The Hall–Kier alpha value is -3.55. The van der Waals surface area contributed by atoms with Crippen molar-refractivity contribution in [2.24, 2.45) is 5.10 Å². The summed E-state index contributed by atoms with van der Waals surface area (Å²) in [5, 5.41) is 8.72. The van der Waals surface area contributed by atoms with Gasteiger partial charge in [0.25, 0.3) is 5.91 Å². The van der Waals surface area contributed by atoms with Crippen LogP contribution in [0.25, 0.3) is 0 Å². The van der Waals surface area contributed by atoms with Gasteiger partial charge >= 0.3 is 6.09 Å². The second kappa shape index (κ2) is 10.4. The minimum absolute atomic E-state index is 0.214. The molecule has 1 heterocycles. The zero-order valence-electron chi connectivity index (χ0n) is 19.0. The maximum absolute atomic E-state index is 13.1. The highest BCUT2D eigenvalue weighted by Gasteiger charge is 2.23. The molecule has 4 rings (SSSR count). The summed E-state index contributed by atoms with van der Waals surface area (Å²) >= 11 is 0. The predicted octanol–water partition coefficient (Wildman–Crippen LogP) is 4.84. The number of ether oxygens (including phenoxy) is 3. The first-order chi connectivity index (χ1) is 16.1. The molecular formula is C25H29N3O5. The number of rotatable bonds is 6. The monoisotopic (exact) mass is 451 g/mol. The molecule has 0 saturated heterocycles. The molecule has 2 aromatic carbocycles. The first-order valence-corrected chi connectivity index (χ1v) is 11.3. The molecule has 1 N–H and O–H groups in total. The van der Waals surface area contributed by atoms with E-state index in [0.29, 0.717) is 23.5 Å². The molecule has 1 aliphatic carbocycles. The average Bonchev–Trinajstić information content (AvgIpc) is 3.37. The van der Waals surface area contributed by atoms with Crippen LogP contribution < -0.4 is 14.8 Å². The summed E-state index contributed by atoms with van der Waals surface area (Å²) in [4.78, 5) is 24.6. The Morgan fingerprint density at radius 3 is 2.61 bits per heavy atom. The van der Waals surface area contributed by atoms with Crippen LogP contribution in [-0.4, -0.2) is 49.6 Å². The van der Waals surface area contributed by atoms with Crippen LogP contribution in [0.2, 0.25) is 0 Å². The quantitative estimate of drug-likeness (QED) is 0.679. The highest BCUT2D eigenvalue weighted by Crippen LogP contribution is 2.33. The van der Waals surface area contributed by atoms with Gasteiger partial charge in [0.2, 0.25) is 0 Å². The lowest BCUT2D eigenvalue weighted by Gasteiger charge is -2.24. The number of hydrogen-bond donors (Lipinski definition) is 1. The fourth-order valence-corrected chi connectivity index (χ4v) is 4.17. The van der Waals surface area contributed by atoms with Gasteiger partial charge in [-0.25, -0.2) is 9.80 Å². The van der Waals surface area contributed by atoms with Crippen LogP contribution in [-0.2, 0) is 4.74 Å². The van der Waals surface area contributed by atoms with Gasteiger partial charge < -0.3 is 14.2 Å². The smallest absolute Gasteiger partial charge is 0.411 e. The molecule has 33 heavy (non-hydrogen) atoms. The second-order valence-corrected chi connectivity index (χ2v) is 8.17. The molecule has 0 radical (unpaired) electrons. The average molecular weight is 452 g/mol. The number of amides is 2. The summed E-state index contributed by atoms with van der Waals surface area (Å²) in [6.45, 7) is 0.526. The van der Waals surface area contributed by atoms with Crippen molar-refractivity contribution in [1.29, 1.82) is 0 Å². The van der Waals surface area contributed by atoms with Gasteiger partial charge in [-0.05, 0) is 74.9 Å². The van der Waals surface area contributed by atoms with Crippen molar-refractivity contribution >= 4 is 23.4 Å². The van der Waals surface area contributed by atoms with Gasteiger partial charge in [0.1, 0.15) is 0 Å². The van der Waals surface area contributed by atoms with E-state index in [2.05, 4.69) is 15.2 Å². The second-order valence-electron chi connectivity index (χ2n) is 8.17. The summed E-state index contributed by atoms with van der Waals surface area (Å²) in [6, 6.07) is 12.5. The van der Waals surface area contributed by atoms with Crippen molar-refractivity contribution < 1.29 is 23.8 Å². The van der Waals surface area contributed by atoms with Gasteiger partial charge in [0, 0.05) is 23.4 Å². The molecule has 0 spiro atoms. The van der Waals surface area contributed by atoms with Gasteiger partial charge in [0.05, 0.1) is 26.0 Å². The lowest BCUT2D eigenvalue weighted by molar-refractivity contribution is 0.0751.